The van der Waals surface area contributed by atoms with Gasteiger partial charge in [-0.1, -0.05) is 13.0 Å². The van der Waals surface area contributed by atoms with Crippen LogP contribution in [0.1, 0.15) is 32.9 Å². The third-order valence-electron chi connectivity index (χ3n) is 2.38. The monoisotopic (exact) mass is 207 g/mol. The molecular weight excluding hydrogens is 186 g/mol. The van der Waals surface area contributed by atoms with Crippen molar-refractivity contribution >= 4 is 5.82 Å². The molecule has 0 atom stereocenters. The lowest BCUT2D eigenvalue weighted by atomic mass is 10.2. The van der Waals surface area contributed by atoms with E-state index in [1.165, 1.54) is 0 Å². The molecule has 0 amide bonds. The molecule has 0 saturated carbocycles. The summed E-state index contributed by atoms with van der Waals surface area (Å²) in [6.07, 6.45) is 1.13. The Bertz CT molecular complexity index is 297. The summed E-state index contributed by atoms with van der Waals surface area (Å²) in [6, 6.07) is 6.52. The van der Waals surface area contributed by atoms with Crippen molar-refractivity contribution in [3.05, 3.63) is 23.9 Å². The van der Waals surface area contributed by atoms with Gasteiger partial charge in [-0.3, -0.25) is 0 Å². The van der Waals surface area contributed by atoms with Crippen molar-refractivity contribution in [3.63, 3.8) is 0 Å². The van der Waals surface area contributed by atoms with E-state index in [1.807, 2.05) is 12.1 Å². The van der Waals surface area contributed by atoms with Crippen molar-refractivity contribution in [3.8, 4) is 0 Å². The van der Waals surface area contributed by atoms with E-state index in [2.05, 4.69) is 36.7 Å². The van der Waals surface area contributed by atoms with Gasteiger partial charge in [-0.05, 0) is 32.4 Å². The zero-order valence-electron chi connectivity index (χ0n) is 9.90. The lowest BCUT2D eigenvalue weighted by Gasteiger charge is -2.27. The normalized spacial score (nSPS) is 10.7. The number of aromatic nitrogens is 1. The number of hydrogen-bond donors (Lipinski definition) is 1. The van der Waals surface area contributed by atoms with Gasteiger partial charge in [-0.2, -0.15) is 0 Å². The molecule has 0 aliphatic heterocycles. The van der Waals surface area contributed by atoms with Crippen LogP contribution in [0, 0.1) is 0 Å². The van der Waals surface area contributed by atoms with E-state index in [4.69, 9.17) is 5.73 Å². The number of rotatable bonds is 5. The SMILES string of the molecule is CCCN(c1cccc(CN)n1)C(C)C. The first kappa shape index (κ1) is 12.0. The molecule has 2 N–H and O–H groups in total. The van der Waals surface area contributed by atoms with Crippen molar-refractivity contribution < 1.29 is 0 Å². The van der Waals surface area contributed by atoms with E-state index < -0.39 is 0 Å². The molecule has 0 unspecified atom stereocenters. The van der Waals surface area contributed by atoms with E-state index in [0.717, 1.165) is 24.5 Å². The first-order valence-corrected chi connectivity index (χ1v) is 5.61. The Labute approximate surface area is 92.3 Å². The van der Waals surface area contributed by atoms with Crippen molar-refractivity contribution in [2.45, 2.75) is 39.8 Å². The average Bonchev–Trinajstić information content (AvgIpc) is 2.25. The molecule has 0 radical (unpaired) electrons. The molecule has 1 aromatic heterocycles. The van der Waals surface area contributed by atoms with Gasteiger partial charge in [0.05, 0.1) is 5.69 Å². The fraction of sp³-hybridized carbons (Fsp3) is 0.583. The van der Waals surface area contributed by atoms with Crippen LogP contribution in [-0.4, -0.2) is 17.6 Å². The standard InChI is InChI=1S/C12H21N3/c1-4-8-15(10(2)3)12-7-5-6-11(9-13)14-12/h5-7,10H,4,8-9,13H2,1-3H3. The van der Waals surface area contributed by atoms with E-state index in [9.17, 15) is 0 Å². The van der Waals surface area contributed by atoms with Crippen LogP contribution in [0.2, 0.25) is 0 Å². The van der Waals surface area contributed by atoms with Crippen molar-refractivity contribution in [1.29, 1.82) is 0 Å². The predicted octanol–water partition coefficient (Wildman–Crippen LogP) is 2.17. The second kappa shape index (κ2) is 5.71. The highest BCUT2D eigenvalue weighted by atomic mass is 15.2. The summed E-state index contributed by atoms with van der Waals surface area (Å²) in [7, 11) is 0. The fourth-order valence-electron chi connectivity index (χ4n) is 1.62. The maximum Gasteiger partial charge on any atom is 0.129 e. The second-order valence-electron chi connectivity index (χ2n) is 3.98. The Kier molecular flexibility index (Phi) is 4.56. The van der Waals surface area contributed by atoms with Crippen LogP contribution in [0.4, 0.5) is 5.82 Å². The van der Waals surface area contributed by atoms with Gasteiger partial charge in [0.1, 0.15) is 5.82 Å². The van der Waals surface area contributed by atoms with Gasteiger partial charge in [-0.15, -0.1) is 0 Å². The van der Waals surface area contributed by atoms with Crippen LogP contribution < -0.4 is 10.6 Å². The second-order valence-corrected chi connectivity index (χ2v) is 3.98. The first-order chi connectivity index (χ1) is 7.19. The Hall–Kier alpha value is -1.09. The van der Waals surface area contributed by atoms with Gasteiger partial charge in [-0.25, -0.2) is 4.98 Å². The summed E-state index contributed by atoms with van der Waals surface area (Å²) < 4.78 is 0. The average molecular weight is 207 g/mol. The third-order valence-corrected chi connectivity index (χ3v) is 2.38. The summed E-state index contributed by atoms with van der Waals surface area (Å²) in [4.78, 5) is 6.84. The smallest absolute Gasteiger partial charge is 0.129 e. The Morgan fingerprint density at radius 1 is 1.40 bits per heavy atom. The molecule has 0 bridgehead atoms. The number of pyridine rings is 1. The van der Waals surface area contributed by atoms with Crippen molar-refractivity contribution in [2.24, 2.45) is 5.73 Å². The van der Waals surface area contributed by atoms with Crippen LogP contribution in [-0.2, 0) is 6.54 Å². The van der Waals surface area contributed by atoms with Crippen LogP contribution in [0.25, 0.3) is 0 Å². The number of anilines is 1. The van der Waals surface area contributed by atoms with Crippen molar-refractivity contribution in [1.82, 2.24) is 4.98 Å². The molecule has 1 aromatic rings. The largest absolute Gasteiger partial charge is 0.354 e. The fourth-order valence-corrected chi connectivity index (χ4v) is 1.62. The van der Waals surface area contributed by atoms with E-state index in [-0.39, 0.29) is 0 Å². The summed E-state index contributed by atoms with van der Waals surface area (Å²) in [5.41, 5.74) is 6.54. The van der Waals surface area contributed by atoms with Gasteiger partial charge in [0.15, 0.2) is 0 Å². The van der Waals surface area contributed by atoms with Gasteiger partial charge in [0.2, 0.25) is 0 Å². The molecule has 0 aliphatic carbocycles. The van der Waals surface area contributed by atoms with E-state index in [0.29, 0.717) is 12.6 Å². The highest BCUT2D eigenvalue weighted by Gasteiger charge is 2.10. The molecule has 3 heteroatoms. The highest BCUT2D eigenvalue weighted by Crippen LogP contribution is 2.14. The molecule has 1 heterocycles. The minimum atomic E-state index is 0.477. The van der Waals surface area contributed by atoms with E-state index >= 15 is 0 Å². The Morgan fingerprint density at radius 2 is 2.13 bits per heavy atom. The number of nitrogens with zero attached hydrogens (tertiary/aromatic N) is 2. The predicted molar refractivity (Wildman–Crippen MR) is 64.9 cm³/mol. The highest BCUT2D eigenvalue weighted by molar-refractivity contribution is 5.40. The van der Waals surface area contributed by atoms with Crippen molar-refractivity contribution in [2.75, 3.05) is 11.4 Å². The minimum Gasteiger partial charge on any atom is -0.354 e. The third kappa shape index (κ3) is 3.20. The van der Waals surface area contributed by atoms with Crippen LogP contribution in [0.3, 0.4) is 0 Å². The summed E-state index contributed by atoms with van der Waals surface area (Å²) in [6.45, 7) is 8.10. The molecule has 0 saturated heterocycles. The maximum absolute atomic E-state index is 5.59. The van der Waals surface area contributed by atoms with Gasteiger partial charge < -0.3 is 10.6 Å². The summed E-state index contributed by atoms with van der Waals surface area (Å²) >= 11 is 0. The molecule has 0 spiro atoms. The summed E-state index contributed by atoms with van der Waals surface area (Å²) in [5, 5.41) is 0. The quantitative estimate of drug-likeness (QED) is 0.804. The zero-order chi connectivity index (χ0) is 11.3. The molecule has 0 fully saturated rings. The number of nitrogens with two attached hydrogens (primary N) is 1. The van der Waals surface area contributed by atoms with Crippen LogP contribution in [0.5, 0.6) is 0 Å². The van der Waals surface area contributed by atoms with Gasteiger partial charge in [0, 0.05) is 19.1 Å². The molecule has 84 valence electrons. The Morgan fingerprint density at radius 3 is 2.67 bits per heavy atom. The van der Waals surface area contributed by atoms with E-state index in [1.54, 1.807) is 0 Å². The molecule has 0 aliphatic rings. The lowest BCUT2D eigenvalue weighted by Crippen LogP contribution is -2.32. The van der Waals surface area contributed by atoms with Crippen LogP contribution in [0.15, 0.2) is 18.2 Å². The first-order valence-electron chi connectivity index (χ1n) is 5.61. The molecule has 3 nitrogen and oxygen atoms in total. The minimum absolute atomic E-state index is 0.477. The Balaban J connectivity index is 2.89. The molecule has 1 rings (SSSR count). The van der Waals surface area contributed by atoms with Gasteiger partial charge >= 0.3 is 0 Å². The summed E-state index contributed by atoms with van der Waals surface area (Å²) in [5.74, 6) is 1.04. The molecule has 15 heavy (non-hydrogen) atoms. The molecule has 0 aromatic carbocycles. The maximum atomic E-state index is 5.59. The lowest BCUT2D eigenvalue weighted by molar-refractivity contribution is 0.660. The topological polar surface area (TPSA) is 42.1 Å². The zero-order valence-corrected chi connectivity index (χ0v) is 9.90. The number of hydrogen-bond acceptors (Lipinski definition) is 3. The van der Waals surface area contributed by atoms with Gasteiger partial charge in [0.25, 0.3) is 0 Å². The molecular formula is C12H21N3. The van der Waals surface area contributed by atoms with Crippen LogP contribution >= 0.6 is 0 Å².